The average molecular weight is 219 g/mol. The summed E-state index contributed by atoms with van der Waals surface area (Å²) in [7, 11) is 0. The summed E-state index contributed by atoms with van der Waals surface area (Å²) in [6.45, 7) is 7.50. The summed E-state index contributed by atoms with van der Waals surface area (Å²) in [5, 5.41) is 3.53. The third-order valence-corrected chi connectivity index (χ3v) is 3.11. The molecule has 3 nitrogen and oxygen atoms in total. The van der Waals surface area contributed by atoms with E-state index in [9.17, 15) is 0 Å². The molecular formula is C13H21N3. The van der Waals surface area contributed by atoms with Crippen molar-refractivity contribution < 1.29 is 0 Å². The lowest BCUT2D eigenvalue weighted by molar-refractivity contribution is 0.429. The molecule has 1 atom stereocenters. The zero-order chi connectivity index (χ0) is 11.4. The smallest absolute Gasteiger partial charge is 0.128 e. The molecule has 1 fully saturated rings. The van der Waals surface area contributed by atoms with Crippen LogP contribution < -0.4 is 10.2 Å². The Hall–Kier alpha value is -1.09. The van der Waals surface area contributed by atoms with Crippen LogP contribution in [-0.2, 0) is 0 Å². The van der Waals surface area contributed by atoms with Crippen molar-refractivity contribution in [2.45, 2.75) is 32.7 Å². The van der Waals surface area contributed by atoms with E-state index < -0.39 is 0 Å². The number of nitrogens with zero attached hydrogens (tertiary/aromatic N) is 2. The van der Waals surface area contributed by atoms with Crippen LogP contribution in [0.4, 0.5) is 5.82 Å². The van der Waals surface area contributed by atoms with Gasteiger partial charge in [0.15, 0.2) is 0 Å². The Labute approximate surface area is 97.9 Å². The quantitative estimate of drug-likeness (QED) is 0.842. The molecule has 0 bridgehead atoms. The van der Waals surface area contributed by atoms with E-state index in [2.05, 4.69) is 47.2 Å². The number of hydrogen-bond acceptors (Lipinski definition) is 3. The third kappa shape index (κ3) is 2.73. The van der Waals surface area contributed by atoms with Gasteiger partial charge in [-0.2, -0.15) is 0 Å². The predicted molar refractivity (Wildman–Crippen MR) is 67.9 cm³/mol. The largest absolute Gasteiger partial charge is 0.355 e. The van der Waals surface area contributed by atoms with Crippen molar-refractivity contribution in [3.05, 3.63) is 23.9 Å². The first-order chi connectivity index (χ1) is 7.79. The summed E-state index contributed by atoms with van der Waals surface area (Å²) < 4.78 is 0. The van der Waals surface area contributed by atoms with E-state index in [1.165, 1.54) is 12.8 Å². The summed E-state index contributed by atoms with van der Waals surface area (Å²) >= 11 is 0. The Morgan fingerprint density at radius 3 is 3.12 bits per heavy atom. The lowest BCUT2D eigenvalue weighted by atomic mass is 10.1. The van der Waals surface area contributed by atoms with E-state index in [1.807, 2.05) is 0 Å². The van der Waals surface area contributed by atoms with Gasteiger partial charge in [-0.1, -0.05) is 13.0 Å². The summed E-state index contributed by atoms with van der Waals surface area (Å²) in [5.74, 6) is 1.13. The fourth-order valence-corrected chi connectivity index (χ4v) is 2.35. The second-order valence-corrected chi connectivity index (χ2v) is 4.48. The monoisotopic (exact) mass is 219 g/mol. The molecule has 0 amide bonds. The highest BCUT2D eigenvalue weighted by Crippen LogP contribution is 2.17. The van der Waals surface area contributed by atoms with Crippen LogP contribution in [0.3, 0.4) is 0 Å². The van der Waals surface area contributed by atoms with Crippen LogP contribution in [0.2, 0.25) is 0 Å². The first kappa shape index (κ1) is 11.4. The molecule has 3 heteroatoms. The second kappa shape index (κ2) is 5.30. The van der Waals surface area contributed by atoms with Crippen molar-refractivity contribution in [3.63, 3.8) is 0 Å². The minimum Gasteiger partial charge on any atom is -0.355 e. The van der Waals surface area contributed by atoms with Crippen molar-refractivity contribution in [2.75, 3.05) is 24.5 Å². The molecule has 0 radical (unpaired) electrons. The van der Waals surface area contributed by atoms with Gasteiger partial charge in [-0.05, 0) is 38.4 Å². The van der Waals surface area contributed by atoms with E-state index in [4.69, 9.17) is 0 Å². The molecule has 1 saturated heterocycles. The van der Waals surface area contributed by atoms with Gasteiger partial charge in [0, 0.05) is 24.8 Å². The van der Waals surface area contributed by atoms with Gasteiger partial charge < -0.3 is 10.2 Å². The van der Waals surface area contributed by atoms with Crippen molar-refractivity contribution in [1.82, 2.24) is 10.3 Å². The maximum absolute atomic E-state index is 4.59. The Bertz CT molecular complexity index is 336. The van der Waals surface area contributed by atoms with Crippen LogP contribution in [0.1, 0.15) is 25.5 Å². The molecule has 1 aromatic rings. The number of pyridine rings is 1. The Balaban J connectivity index is 2.03. The highest BCUT2D eigenvalue weighted by Gasteiger charge is 2.19. The van der Waals surface area contributed by atoms with Gasteiger partial charge in [0.05, 0.1) is 0 Å². The van der Waals surface area contributed by atoms with Gasteiger partial charge in [-0.3, -0.25) is 0 Å². The molecule has 2 heterocycles. The van der Waals surface area contributed by atoms with E-state index in [0.29, 0.717) is 6.04 Å². The van der Waals surface area contributed by atoms with Crippen molar-refractivity contribution in [2.24, 2.45) is 0 Å². The molecule has 0 aromatic carbocycles. The lowest BCUT2D eigenvalue weighted by Crippen LogP contribution is -2.46. The van der Waals surface area contributed by atoms with Crippen molar-refractivity contribution in [1.29, 1.82) is 0 Å². The van der Waals surface area contributed by atoms with Gasteiger partial charge in [-0.25, -0.2) is 4.98 Å². The van der Waals surface area contributed by atoms with Crippen LogP contribution in [0, 0.1) is 6.92 Å². The first-order valence-electron chi connectivity index (χ1n) is 6.21. The zero-order valence-corrected chi connectivity index (χ0v) is 10.2. The number of piperidine rings is 1. The van der Waals surface area contributed by atoms with Crippen molar-refractivity contribution >= 4 is 5.82 Å². The van der Waals surface area contributed by atoms with Crippen molar-refractivity contribution in [3.8, 4) is 0 Å². The normalized spacial score (nSPS) is 21.1. The summed E-state index contributed by atoms with van der Waals surface area (Å²) in [6, 6.07) is 6.88. The first-order valence-corrected chi connectivity index (χ1v) is 6.21. The standard InChI is InChI=1S/C13H21N3/c1-3-14-12-7-5-9-16(10-12)13-8-4-6-11(2)15-13/h4,6,8,12,14H,3,5,7,9-10H2,1-2H3. The number of aryl methyl sites for hydroxylation is 1. The molecule has 16 heavy (non-hydrogen) atoms. The second-order valence-electron chi connectivity index (χ2n) is 4.48. The average Bonchev–Trinajstić information content (AvgIpc) is 2.30. The van der Waals surface area contributed by atoms with Crippen LogP contribution in [0.25, 0.3) is 0 Å². The molecule has 1 unspecified atom stereocenters. The van der Waals surface area contributed by atoms with E-state index in [0.717, 1.165) is 31.1 Å². The van der Waals surface area contributed by atoms with Crippen LogP contribution in [0.15, 0.2) is 18.2 Å². The summed E-state index contributed by atoms with van der Waals surface area (Å²) in [5.41, 5.74) is 1.10. The lowest BCUT2D eigenvalue weighted by Gasteiger charge is -2.34. The SMILES string of the molecule is CCNC1CCCN(c2cccc(C)n2)C1. The van der Waals surface area contributed by atoms with E-state index in [1.54, 1.807) is 0 Å². The zero-order valence-electron chi connectivity index (χ0n) is 10.2. The minimum atomic E-state index is 0.626. The van der Waals surface area contributed by atoms with Gasteiger partial charge >= 0.3 is 0 Å². The predicted octanol–water partition coefficient (Wildman–Crippen LogP) is 1.97. The molecule has 0 spiro atoms. The molecular weight excluding hydrogens is 198 g/mol. The number of anilines is 1. The highest BCUT2D eigenvalue weighted by atomic mass is 15.2. The Morgan fingerprint density at radius 2 is 2.38 bits per heavy atom. The summed E-state index contributed by atoms with van der Waals surface area (Å²) in [4.78, 5) is 6.98. The van der Waals surface area contributed by atoms with Gasteiger partial charge in [0.2, 0.25) is 0 Å². The minimum absolute atomic E-state index is 0.626. The molecule has 1 aromatic heterocycles. The van der Waals surface area contributed by atoms with Crippen LogP contribution >= 0.6 is 0 Å². The number of rotatable bonds is 3. The molecule has 1 aliphatic heterocycles. The van der Waals surface area contributed by atoms with Gasteiger partial charge in [0.25, 0.3) is 0 Å². The maximum Gasteiger partial charge on any atom is 0.128 e. The van der Waals surface area contributed by atoms with Gasteiger partial charge in [0.1, 0.15) is 5.82 Å². The fraction of sp³-hybridized carbons (Fsp3) is 0.615. The molecule has 1 N–H and O–H groups in total. The number of hydrogen-bond donors (Lipinski definition) is 1. The van der Waals surface area contributed by atoms with Crippen LogP contribution in [-0.4, -0.2) is 30.7 Å². The fourth-order valence-electron chi connectivity index (χ4n) is 2.35. The highest BCUT2D eigenvalue weighted by molar-refractivity contribution is 5.39. The van der Waals surface area contributed by atoms with E-state index in [-0.39, 0.29) is 0 Å². The molecule has 0 saturated carbocycles. The maximum atomic E-state index is 4.59. The summed E-state index contributed by atoms with van der Waals surface area (Å²) in [6.07, 6.45) is 2.55. The Morgan fingerprint density at radius 1 is 1.50 bits per heavy atom. The number of aromatic nitrogens is 1. The molecule has 0 aliphatic carbocycles. The number of likely N-dealkylation sites (N-methyl/N-ethyl adjacent to an activating group) is 1. The molecule has 88 valence electrons. The Kier molecular flexibility index (Phi) is 3.78. The molecule has 1 aliphatic rings. The third-order valence-electron chi connectivity index (χ3n) is 3.11. The van der Waals surface area contributed by atoms with Crippen LogP contribution in [0.5, 0.6) is 0 Å². The molecule has 2 rings (SSSR count). The van der Waals surface area contributed by atoms with Gasteiger partial charge in [-0.15, -0.1) is 0 Å². The van der Waals surface area contributed by atoms with E-state index >= 15 is 0 Å². The number of nitrogens with one attached hydrogen (secondary N) is 1. The topological polar surface area (TPSA) is 28.2 Å².